The first-order valence-electron chi connectivity index (χ1n) is 8.99. The summed E-state index contributed by atoms with van der Waals surface area (Å²) >= 11 is 0. The van der Waals surface area contributed by atoms with Crippen LogP contribution in [0.3, 0.4) is 0 Å². The van der Waals surface area contributed by atoms with Crippen molar-refractivity contribution in [1.82, 2.24) is 19.9 Å². The molecular formula is C21H16F3N4O2. The summed E-state index contributed by atoms with van der Waals surface area (Å²) in [7, 11) is 0. The van der Waals surface area contributed by atoms with Gasteiger partial charge >= 0.3 is 6.36 Å². The van der Waals surface area contributed by atoms with Crippen LogP contribution in [-0.4, -0.2) is 26.3 Å². The highest BCUT2D eigenvalue weighted by atomic mass is 19.4. The van der Waals surface area contributed by atoms with Gasteiger partial charge in [-0.05, 0) is 49.7 Å². The Balaban J connectivity index is 1.53. The second kappa shape index (κ2) is 7.66. The lowest BCUT2D eigenvalue weighted by molar-refractivity contribution is -0.274. The van der Waals surface area contributed by atoms with Crippen LogP contribution >= 0.6 is 0 Å². The van der Waals surface area contributed by atoms with E-state index in [1.54, 1.807) is 10.7 Å². The molecule has 30 heavy (non-hydrogen) atoms. The van der Waals surface area contributed by atoms with Crippen LogP contribution in [0, 0.1) is 19.9 Å². The van der Waals surface area contributed by atoms with Crippen LogP contribution in [0.2, 0.25) is 0 Å². The second-order valence-corrected chi connectivity index (χ2v) is 6.68. The molecule has 0 aliphatic heterocycles. The number of rotatable bonds is 5. The SMILES string of the molecule is Cc1cc[c]c(Cn2nc(-c3cc(-c4ccc(OC(F)(F)F)cc4)no3)nc2C)c1. The zero-order valence-electron chi connectivity index (χ0n) is 16.1. The molecule has 0 aliphatic carbocycles. The first-order chi connectivity index (χ1) is 14.3. The van der Waals surface area contributed by atoms with Crippen molar-refractivity contribution in [2.75, 3.05) is 0 Å². The molecule has 0 fully saturated rings. The molecule has 0 aliphatic rings. The van der Waals surface area contributed by atoms with Gasteiger partial charge in [-0.3, -0.25) is 0 Å². The molecule has 0 atom stereocenters. The summed E-state index contributed by atoms with van der Waals surface area (Å²) in [5, 5.41) is 8.44. The second-order valence-electron chi connectivity index (χ2n) is 6.68. The number of alkyl halides is 3. The van der Waals surface area contributed by atoms with E-state index in [1.807, 2.05) is 32.0 Å². The molecule has 1 radical (unpaired) electrons. The minimum atomic E-state index is -4.73. The van der Waals surface area contributed by atoms with Gasteiger partial charge in [-0.15, -0.1) is 18.3 Å². The molecule has 4 rings (SSSR count). The maximum absolute atomic E-state index is 12.3. The summed E-state index contributed by atoms with van der Waals surface area (Å²) < 4.78 is 47.8. The van der Waals surface area contributed by atoms with E-state index in [-0.39, 0.29) is 5.75 Å². The Morgan fingerprint density at radius 2 is 1.87 bits per heavy atom. The van der Waals surface area contributed by atoms with Gasteiger partial charge in [0, 0.05) is 11.6 Å². The van der Waals surface area contributed by atoms with E-state index in [4.69, 9.17) is 4.52 Å². The van der Waals surface area contributed by atoms with Crippen LogP contribution in [-0.2, 0) is 6.54 Å². The summed E-state index contributed by atoms with van der Waals surface area (Å²) in [4.78, 5) is 4.42. The zero-order chi connectivity index (χ0) is 21.3. The van der Waals surface area contributed by atoms with Gasteiger partial charge in [0.25, 0.3) is 0 Å². The normalized spacial score (nSPS) is 11.6. The minimum Gasteiger partial charge on any atom is -0.406 e. The Labute approximate surface area is 169 Å². The third kappa shape index (κ3) is 4.51. The van der Waals surface area contributed by atoms with Crippen molar-refractivity contribution >= 4 is 0 Å². The third-order valence-corrected chi connectivity index (χ3v) is 4.31. The number of ether oxygens (including phenoxy) is 1. The fourth-order valence-electron chi connectivity index (χ4n) is 2.92. The highest BCUT2D eigenvalue weighted by molar-refractivity contribution is 5.64. The average molecular weight is 413 g/mol. The van der Waals surface area contributed by atoms with E-state index in [1.165, 1.54) is 24.3 Å². The largest absolute Gasteiger partial charge is 0.573 e. The van der Waals surface area contributed by atoms with E-state index in [9.17, 15) is 13.2 Å². The molecular weight excluding hydrogens is 397 g/mol. The monoisotopic (exact) mass is 413 g/mol. The van der Waals surface area contributed by atoms with Crippen LogP contribution in [0.15, 0.2) is 53.1 Å². The van der Waals surface area contributed by atoms with Gasteiger partial charge in [-0.1, -0.05) is 28.9 Å². The number of hydrogen-bond donors (Lipinski definition) is 0. The molecule has 9 heteroatoms. The first kappa shape index (κ1) is 19.7. The molecule has 4 aromatic rings. The van der Waals surface area contributed by atoms with E-state index in [2.05, 4.69) is 26.0 Å². The van der Waals surface area contributed by atoms with Gasteiger partial charge in [0.2, 0.25) is 11.6 Å². The third-order valence-electron chi connectivity index (χ3n) is 4.31. The Morgan fingerprint density at radius 3 is 2.57 bits per heavy atom. The zero-order valence-corrected chi connectivity index (χ0v) is 16.1. The summed E-state index contributed by atoms with van der Waals surface area (Å²) in [5.74, 6) is 1.12. The fraction of sp³-hybridized carbons (Fsp3) is 0.190. The van der Waals surface area contributed by atoms with Crippen LogP contribution in [0.25, 0.3) is 22.8 Å². The molecule has 2 heterocycles. The lowest BCUT2D eigenvalue weighted by Crippen LogP contribution is -2.16. The number of aromatic nitrogens is 4. The summed E-state index contributed by atoms with van der Waals surface area (Å²) in [6.45, 7) is 4.36. The Kier molecular flexibility index (Phi) is 5.03. The standard InChI is InChI=1S/C21H16F3N4O2/c1-13-4-3-5-15(10-13)12-28-14(2)25-20(26-28)19-11-18(27-30-19)16-6-8-17(9-7-16)29-21(22,23)24/h3-4,6-11H,12H2,1-2H3. The lowest BCUT2D eigenvalue weighted by Gasteiger charge is -2.08. The number of halogens is 3. The van der Waals surface area contributed by atoms with Crippen LogP contribution in [0.4, 0.5) is 13.2 Å². The Bertz CT molecular complexity index is 1160. The highest BCUT2D eigenvalue weighted by Crippen LogP contribution is 2.28. The maximum atomic E-state index is 12.3. The van der Waals surface area contributed by atoms with Crippen molar-refractivity contribution in [2.45, 2.75) is 26.8 Å². The summed E-state index contributed by atoms with van der Waals surface area (Å²) in [6.07, 6.45) is -4.73. The minimum absolute atomic E-state index is 0.307. The quantitative estimate of drug-likeness (QED) is 0.463. The van der Waals surface area contributed by atoms with Gasteiger partial charge in [-0.25, -0.2) is 9.67 Å². The van der Waals surface area contributed by atoms with Crippen molar-refractivity contribution < 1.29 is 22.4 Å². The van der Waals surface area contributed by atoms with Crippen LogP contribution < -0.4 is 4.74 Å². The Hall–Kier alpha value is -3.62. The molecule has 2 aromatic carbocycles. The van der Waals surface area contributed by atoms with Crippen molar-refractivity contribution in [3.8, 4) is 28.6 Å². The van der Waals surface area contributed by atoms with Gasteiger partial charge < -0.3 is 9.26 Å². The van der Waals surface area contributed by atoms with E-state index in [0.29, 0.717) is 35.2 Å². The van der Waals surface area contributed by atoms with E-state index in [0.717, 1.165) is 11.1 Å². The molecule has 2 aromatic heterocycles. The number of benzene rings is 2. The lowest BCUT2D eigenvalue weighted by atomic mass is 10.1. The van der Waals surface area contributed by atoms with Gasteiger partial charge in [0.1, 0.15) is 17.3 Å². The van der Waals surface area contributed by atoms with Gasteiger partial charge in [-0.2, -0.15) is 0 Å². The molecule has 0 spiro atoms. The van der Waals surface area contributed by atoms with Crippen molar-refractivity contribution in [3.05, 3.63) is 71.5 Å². The fourth-order valence-corrected chi connectivity index (χ4v) is 2.92. The van der Waals surface area contributed by atoms with Crippen LogP contribution in [0.5, 0.6) is 5.75 Å². The molecule has 0 bridgehead atoms. The summed E-state index contributed by atoms with van der Waals surface area (Å²) in [5.41, 5.74) is 3.14. The predicted octanol–water partition coefficient (Wildman–Crippen LogP) is 4.96. The predicted molar refractivity (Wildman–Crippen MR) is 101 cm³/mol. The first-order valence-corrected chi connectivity index (χ1v) is 8.99. The van der Waals surface area contributed by atoms with Crippen molar-refractivity contribution in [2.24, 2.45) is 0 Å². The van der Waals surface area contributed by atoms with E-state index >= 15 is 0 Å². The smallest absolute Gasteiger partial charge is 0.406 e. The molecule has 0 amide bonds. The van der Waals surface area contributed by atoms with Crippen molar-refractivity contribution in [3.63, 3.8) is 0 Å². The van der Waals surface area contributed by atoms with Gasteiger partial charge in [0.05, 0.1) is 6.54 Å². The Morgan fingerprint density at radius 1 is 1.10 bits per heavy atom. The summed E-state index contributed by atoms with van der Waals surface area (Å²) in [6, 6.07) is 16.0. The number of nitrogens with zero attached hydrogens (tertiary/aromatic N) is 4. The topological polar surface area (TPSA) is 66.0 Å². The molecule has 0 saturated carbocycles. The molecule has 153 valence electrons. The van der Waals surface area contributed by atoms with E-state index < -0.39 is 6.36 Å². The van der Waals surface area contributed by atoms with Crippen LogP contribution in [0.1, 0.15) is 17.0 Å². The maximum Gasteiger partial charge on any atom is 0.573 e. The number of aryl methyl sites for hydroxylation is 2. The highest BCUT2D eigenvalue weighted by Gasteiger charge is 2.31. The molecule has 6 nitrogen and oxygen atoms in total. The molecule has 0 N–H and O–H groups in total. The van der Waals surface area contributed by atoms with Crippen molar-refractivity contribution in [1.29, 1.82) is 0 Å². The molecule has 0 saturated heterocycles. The number of hydrogen-bond acceptors (Lipinski definition) is 5. The van der Waals surface area contributed by atoms with Gasteiger partial charge in [0.15, 0.2) is 0 Å². The average Bonchev–Trinajstić information content (AvgIpc) is 3.29. The molecule has 0 unspecified atom stereocenters.